The third-order valence-electron chi connectivity index (χ3n) is 2.39. The van der Waals surface area contributed by atoms with Crippen molar-refractivity contribution in [2.45, 2.75) is 25.8 Å². The first-order valence-corrected chi connectivity index (χ1v) is 5.49. The SMILES string of the molecule is Cn1cc(Cl)cc1C(=O)NC(C)(C)CCO. The fourth-order valence-electron chi connectivity index (χ4n) is 1.46. The van der Waals surface area contributed by atoms with Gasteiger partial charge in [0, 0.05) is 25.4 Å². The summed E-state index contributed by atoms with van der Waals surface area (Å²) in [4.78, 5) is 11.9. The minimum absolute atomic E-state index is 0.0428. The van der Waals surface area contributed by atoms with Crippen LogP contribution in [0.2, 0.25) is 5.02 Å². The highest BCUT2D eigenvalue weighted by molar-refractivity contribution is 6.31. The quantitative estimate of drug-likeness (QED) is 0.845. The zero-order chi connectivity index (χ0) is 12.3. The van der Waals surface area contributed by atoms with Crippen molar-refractivity contribution in [1.29, 1.82) is 0 Å². The van der Waals surface area contributed by atoms with Gasteiger partial charge >= 0.3 is 0 Å². The number of aliphatic hydroxyl groups is 1. The van der Waals surface area contributed by atoms with Crippen LogP contribution < -0.4 is 5.32 Å². The van der Waals surface area contributed by atoms with Gasteiger partial charge < -0.3 is 15.0 Å². The Bertz CT molecular complexity index is 385. The smallest absolute Gasteiger partial charge is 0.268 e. The Kier molecular flexibility index (Phi) is 3.99. The highest BCUT2D eigenvalue weighted by Crippen LogP contribution is 2.14. The molecule has 2 N–H and O–H groups in total. The second-order valence-corrected chi connectivity index (χ2v) is 4.90. The number of nitrogens with zero attached hydrogens (tertiary/aromatic N) is 1. The second-order valence-electron chi connectivity index (χ2n) is 4.47. The summed E-state index contributed by atoms with van der Waals surface area (Å²) in [5.74, 6) is -0.187. The molecule has 0 saturated carbocycles. The third kappa shape index (κ3) is 3.25. The summed E-state index contributed by atoms with van der Waals surface area (Å²) in [5, 5.41) is 12.3. The van der Waals surface area contributed by atoms with Crippen molar-refractivity contribution in [2.75, 3.05) is 6.61 Å². The van der Waals surface area contributed by atoms with Crippen LogP contribution in [0.5, 0.6) is 0 Å². The number of aromatic nitrogens is 1. The first-order valence-electron chi connectivity index (χ1n) is 5.11. The molecule has 1 aromatic rings. The van der Waals surface area contributed by atoms with Gasteiger partial charge in [-0.05, 0) is 26.3 Å². The predicted octanol–water partition coefficient (Wildman–Crippen LogP) is 1.57. The van der Waals surface area contributed by atoms with Gasteiger partial charge in [0.05, 0.1) is 5.02 Å². The van der Waals surface area contributed by atoms with Gasteiger partial charge in [-0.2, -0.15) is 0 Å². The van der Waals surface area contributed by atoms with Crippen LogP contribution in [0.3, 0.4) is 0 Å². The maximum atomic E-state index is 11.9. The van der Waals surface area contributed by atoms with Crippen molar-refractivity contribution >= 4 is 17.5 Å². The number of amides is 1. The molecule has 1 rings (SSSR count). The molecule has 0 aromatic carbocycles. The van der Waals surface area contributed by atoms with E-state index in [0.717, 1.165) is 0 Å². The van der Waals surface area contributed by atoms with E-state index in [4.69, 9.17) is 16.7 Å². The molecule has 4 nitrogen and oxygen atoms in total. The summed E-state index contributed by atoms with van der Waals surface area (Å²) in [6.07, 6.45) is 2.19. The molecule has 0 saturated heterocycles. The van der Waals surface area contributed by atoms with Gasteiger partial charge in [-0.15, -0.1) is 0 Å². The third-order valence-corrected chi connectivity index (χ3v) is 2.60. The van der Waals surface area contributed by atoms with Crippen LogP contribution in [0.25, 0.3) is 0 Å². The van der Waals surface area contributed by atoms with Crippen molar-refractivity contribution in [3.63, 3.8) is 0 Å². The van der Waals surface area contributed by atoms with Gasteiger partial charge in [0.25, 0.3) is 5.91 Å². The van der Waals surface area contributed by atoms with E-state index in [1.807, 2.05) is 13.8 Å². The predicted molar refractivity (Wildman–Crippen MR) is 63.7 cm³/mol. The van der Waals surface area contributed by atoms with E-state index in [9.17, 15) is 4.79 Å². The molecule has 1 aromatic heterocycles. The van der Waals surface area contributed by atoms with Crippen molar-refractivity contribution in [3.8, 4) is 0 Å². The van der Waals surface area contributed by atoms with Crippen LogP contribution in [0.4, 0.5) is 0 Å². The van der Waals surface area contributed by atoms with Gasteiger partial charge in [-0.1, -0.05) is 11.6 Å². The molecule has 16 heavy (non-hydrogen) atoms. The first-order chi connectivity index (χ1) is 7.35. The van der Waals surface area contributed by atoms with Crippen molar-refractivity contribution in [3.05, 3.63) is 23.0 Å². The molecule has 0 fully saturated rings. The Morgan fingerprint density at radius 3 is 2.69 bits per heavy atom. The van der Waals surface area contributed by atoms with E-state index >= 15 is 0 Å². The number of nitrogens with one attached hydrogen (secondary N) is 1. The van der Waals surface area contributed by atoms with Gasteiger partial charge in [-0.3, -0.25) is 4.79 Å². The molecule has 0 aliphatic heterocycles. The fourth-order valence-corrected chi connectivity index (χ4v) is 1.71. The van der Waals surface area contributed by atoms with Crippen LogP contribution in [0.1, 0.15) is 30.8 Å². The topological polar surface area (TPSA) is 54.3 Å². The molecule has 0 radical (unpaired) electrons. The zero-order valence-electron chi connectivity index (χ0n) is 9.75. The minimum atomic E-state index is -0.428. The molecule has 0 atom stereocenters. The summed E-state index contributed by atoms with van der Waals surface area (Å²) in [6, 6.07) is 1.62. The van der Waals surface area contributed by atoms with E-state index in [1.165, 1.54) is 0 Å². The molecule has 0 spiro atoms. The Hall–Kier alpha value is -1.00. The second kappa shape index (κ2) is 4.89. The molecule has 0 unspecified atom stereocenters. The van der Waals surface area contributed by atoms with Crippen LogP contribution in [-0.4, -0.2) is 27.7 Å². The maximum absolute atomic E-state index is 11.9. The Morgan fingerprint density at radius 2 is 2.25 bits per heavy atom. The van der Waals surface area contributed by atoms with Gasteiger partial charge in [0.15, 0.2) is 0 Å². The number of aliphatic hydroxyl groups excluding tert-OH is 1. The lowest BCUT2D eigenvalue weighted by Gasteiger charge is -2.25. The highest BCUT2D eigenvalue weighted by atomic mass is 35.5. The van der Waals surface area contributed by atoms with Gasteiger partial charge in [-0.25, -0.2) is 0 Å². The summed E-state index contributed by atoms with van der Waals surface area (Å²) in [6.45, 7) is 3.78. The van der Waals surface area contributed by atoms with Crippen LogP contribution in [0.15, 0.2) is 12.3 Å². The van der Waals surface area contributed by atoms with E-state index in [2.05, 4.69) is 5.32 Å². The summed E-state index contributed by atoms with van der Waals surface area (Å²) in [7, 11) is 1.76. The van der Waals surface area contributed by atoms with Crippen LogP contribution in [0, 0.1) is 0 Å². The van der Waals surface area contributed by atoms with Crippen LogP contribution in [-0.2, 0) is 7.05 Å². The molecular weight excluding hydrogens is 228 g/mol. The molecule has 0 bridgehead atoms. The molecule has 90 valence electrons. The number of halogens is 1. The minimum Gasteiger partial charge on any atom is -0.396 e. The molecule has 5 heteroatoms. The monoisotopic (exact) mass is 244 g/mol. The number of aryl methyl sites for hydroxylation is 1. The summed E-state index contributed by atoms with van der Waals surface area (Å²) < 4.78 is 1.67. The fraction of sp³-hybridized carbons (Fsp3) is 0.545. The normalized spacial score (nSPS) is 11.6. The lowest BCUT2D eigenvalue weighted by molar-refractivity contribution is 0.0891. The van der Waals surface area contributed by atoms with E-state index < -0.39 is 5.54 Å². The van der Waals surface area contributed by atoms with E-state index in [1.54, 1.807) is 23.9 Å². The number of carbonyl (C=O) groups is 1. The van der Waals surface area contributed by atoms with E-state index in [0.29, 0.717) is 17.1 Å². The lowest BCUT2D eigenvalue weighted by Crippen LogP contribution is -2.44. The number of carbonyl (C=O) groups excluding carboxylic acids is 1. The van der Waals surface area contributed by atoms with Gasteiger partial charge in [0.1, 0.15) is 5.69 Å². The van der Waals surface area contributed by atoms with Crippen molar-refractivity contribution in [1.82, 2.24) is 9.88 Å². The van der Waals surface area contributed by atoms with E-state index in [-0.39, 0.29) is 12.5 Å². The number of hydrogen-bond donors (Lipinski definition) is 2. The lowest BCUT2D eigenvalue weighted by atomic mass is 10.0. The Balaban J connectivity index is 2.76. The summed E-state index contributed by atoms with van der Waals surface area (Å²) >= 11 is 5.80. The Morgan fingerprint density at radius 1 is 1.62 bits per heavy atom. The first kappa shape index (κ1) is 13.1. The average molecular weight is 245 g/mol. The molecule has 1 heterocycles. The zero-order valence-corrected chi connectivity index (χ0v) is 10.5. The van der Waals surface area contributed by atoms with Crippen molar-refractivity contribution in [2.24, 2.45) is 7.05 Å². The molecule has 0 aliphatic carbocycles. The molecule has 1 amide bonds. The average Bonchev–Trinajstić information content (AvgIpc) is 2.44. The maximum Gasteiger partial charge on any atom is 0.268 e. The number of rotatable bonds is 4. The standard InChI is InChI=1S/C11H17ClN2O2/c1-11(2,4-5-15)13-10(16)9-6-8(12)7-14(9)3/h6-7,15H,4-5H2,1-3H3,(H,13,16). The summed E-state index contributed by atoms with van der Waals surface area (Å²) in [5.41, 5.74) is 0.0822. The van der Waals surface area contributed by atoms with Gasteiger partial charge in [0.2, 0.25) is 0 Å². The Labute approximate surface area is 100 Å². The molecule has 0 aliphatic rings. The largest absolute Gasteiger partial charge is 0.396 e. The van der Waals surface area contributed by atoms with Crippen molar-refractivity contribution < 1.29 is 9.90 Å². The highest BCUT2D eigenvalue weighted by Gasteiger charge is 2.22. The molecular formula is C11H17ClN2O2. The van der Waals surface area contributed by atoms with Crippen LogP contribution >= 0.6 is 11.6 Å². The number of hydrogen-bond acceptors (Lipinski definition) is 2.